The summed E-state index contributed by atoms with van der Waals surface area (Å²) < 4.78 is 39.4. The molecule has 4 nitrogen and oxygen atoms in total. The van der Waals surface area contributed by atoms with E-state index in [-0.39, 0.29) is 10.3 Å². The van der Waals surface area contributed by atoms with Crippen molar-refractivity contribution in [1.29, 1.82) is 0 Å². The fraction of sp³-hybridized carbons (Fsp3) is 0.0833. The van der Waals surface area contributed by atoms with Gasteiger partial charge in [0.1, 0.15) is 10.3 Å². The molecule has 0 aliphatic heterocycles. The normalized spacial score (nSPS) is 11.9. The van der Waals surface area contributed by atoms with Gasteiger partial charge in [0.25, 0.3) is 0 Å². The third-order valence-electron chi connectivity index (χ3n) is 2.71. The number of nitrogens with one attached hydrogen (secondary N) is 1. The third-order valence-corrected chi connectivity index (χ3v) is 3.01. The van der Waals surface area contributed by atoms with E-state index < -0.39 is 11.9 Å². The largest absolute Gasteiger partial charge is 0.433 e. The summed E-state index contributed by atoms with van der Waals surface area (Å²) in [5.41, 5.74) is 0.444. The minimum Gasteiger partial charge on any atom is -0.291 e. The van der Waals surface area contributed by atoms with Gasteiger partial charge in [-0.1, -0.05) is 12.2 Å². The average Bonchev–Trinajstić information content (AvgIpc) is 2.83. The fourth-order valence-electron chi connectivity index (χ4n) is 1.81. The van der Waals surface area contributed by atoms with Crippen LogP contribution in [0.4, 0.5) is 13.2 Å². The Labute approximate surface area is 115 Å². The van der Waals surface area contributed by atoms with Crippen LogP contribution in [-0.2, 0) is 6.18 Å². The second-order valence-electron chi connectivity index (χ2n) is 4.08. The molecular weight excluding hydrogens is 289 g/mol. The van der Waals surface area contributed by atoms with Crippen LogP contribution in [0.1, 0.15) is 5.69 Å². The monoisotopic (exact) mass is 296 g/mol. The molecule has 0 unspecified atom stereocenters. The number of aromatic nitrogens is 4. The first-order chi connectivity index (χ1) is 9.45. The van der Waals surface area contributed by atoms with Gasteiger partial charge >= 0.3 is 6.18 Å². The van der Waals surface area contributed by atoms with Gasteiger partial charge in [-0.2, -0.15) is 13.2 Å². The average molecular weight is 296 g/mol. The Balaban J connectivity index is 2.22. The number of fused-ring (bicyclic) bond motifs is 1. The van der Waals surface area contributed by atoms with Crippen molar-refractivity contribution in [2.75, 3.05) is 0 Å². The van der Waals surface area contributed by atoms with E-state index in [4.69, 9.17) is 12.2 Å². The van der Waals surface area contributed by atoms with E-state index in [0.717, 1.165) is 11.6 Å². The fourth-order valence-corrected chi connectivity index (χ4v) is 2.06. The Morgan fingerprint density at radius 1 is 1.25 bits per heavy atom. The maximum absolute atomic E-state index is 12.7. The Morgan fingerprint density at radius 3 is 2.70 bits per heavy atom. The van der Waals surface area contributed by atoms with Crippen LogP contribution < -0.4 is 0 Å². The van der Waals surface area contributed by atoms with Crippen LogP contribution in [-0.4, -0.2) is 19.6 Å². The van der Waals surface area contributed by atoms with Crippen LogP contribution in [0.5, 0.6) is 0 Å². The van der Waals surface area contributed by atoms with E-state index in [1.54, 1.807) is 24.5 Å². The van der Waals surface area contributed by atoms with Crippen molar-refractivity contribution >= 4 is 17.9 Å². The number of H-pyrrole nitrogens is 1. The maximum atomic E-state index is 12.7. The molecule has 0 bridgehead atoms. The summed E-state index contributed by atoms with van der Waals surface area (Å²) in [5.74, 6) is 0. The quantitative estimate of drug-likeness (QED) is 0.699. The number of hydrogen-bond acceptors (Lipinski definition) is 3. The van der Waals surface area contributed by atoms with Crippen molar-refractivity contribution in [3.8, 4) is 11.3 Å². The van der Waals surface area contributed by atoms with E-state index in [1.165, 1.54) is 10.6 Å². The van der Waals surface area contributed by atoms with Crippen LogP contribution in [0.3, 0.4) is 0 Å². The van der Waals surface area contributed by atoms with Gasteiger partial charge in [0.15, 0.2) is 5.65 Å². The number of nitrogens with zero attached hydrogens (tertiary/aromatic N) is 3. The molecule has 0 radical (unpaired) electrons. The molecule has 3 aromatic rings. The first kappa shape index (κ1) is 12.8. The zero-order valence-electron chi connectivity index (χ0n) is 9.85. The number of alkyl halides is 3. The van der Waals surface area contributed by atoms with E-state index in [2.05, 4.69) is 15.1 Å². The lowest BCUT2D eigenvalue weighted by Gasteiger charge is -2.05. The standard InChI is InChI=1S/C12H7F3N4S/c13-12(14,15)9-5-11(20)19-10(17-9)4-8(18-19)7-2-1-3-16-6-7/h1-6,18H. The molecule has 0 aliphatic rings. The maximum Gasteiger partial charge on any atom is 0.433 e. The van der Waals surface area contributed by atoms with E-state index >= 15 is 0 Å². The lowest BCUT2D eigenvalue weighted by molar-refractivity contribution is -0.141. The van der Waals surface area contributed by atoms with Crippen LogP contribution in [0.2, 0.25) is 0 Å². The summed E-state index contributed by atoms with van der Waals surface area (Å²) >= 11 is 4.95. The Kier molecular flexibility index (Phi) is 2.82. The molecule has 0 spiro atoms. The Hall–Kier alpha value is -2.22. The number of hydrogen-bond donors (Lipinski definition) is 1. The summed E-state index contributed by atoms with van der Waals surface area (Å²) in [7, 11) is 0. The van der Waals surface area contributed by atoms with Crippen LogP contribution in [0.25, 0.3) is 16.9 Å². The number of halogens is 3. The van der Waals surface area contributed by atoms with Crippen LogP contribution in [0.15, 0.2) is 36.7 Å². The predicted molar refractivity (Wildman–Crippen MR) is 68.6 cm³/mol. The van der Waals surface area contributed by atoms with Gasteiger partial charge in [0.2, 0.25) is 0 Å². The van der Waals surface area contributed by atoms with Gasteiger partial charge in [-0.15, -0.1) is 0 Å². The summed E-state index contributed by atoms with van der Waals surface area (Å²) in [6.07, 6.45) is -1.31. The summed E-state index contributed by atoms with van der Waals surface area (Å²) in [4.78, 5) is 7.53. The molecule has 0 aromatic carbocycles. The summed E-state index contributed by atoms with van der Waals surface area (Å²) in [5, 5.41) is 2.90. The molecule has 3 aromatic heterocycles. The smallest absolute Gasteiger partial charge is 0.291 e. The van der Waals surface area contributed by atoms with E-state index in [1.807, 2.05) is 0 Å². The molecular formula is C12H7F3N4S. The second kappa shape index (κ2) is 4.41. The molecule has 0 fully saturated rings. The minimum atomic E-state index is -4.52. The van der Waals surface area contributed by atoms with Gasteiger partial charge < -0.3 is 0 Å². The third kappa shape index (κ3) is 2.18. The van der Waals surface area contributed by atoms with E-state index in [0.29, 0.717) is 5.69 Å². The Bertz CT molecular complexity index is 820. The number of rotatable bonds is 1. The number of pyridine rings is 1. The highest BCUT2D eigenvalue weighted by molar-refractivity contribution is 7.71. The van der Waals surface area contributed by atoms with Crippen LogP contribution in [0, 0.1) is 4.64 Å². The van der Waals surface area contributed by atoms with Crippen molar-refractivity contribution in [3.63, 3.8) is 0 Å². The molecule has 0 atom stereocenters. The van der Waals surface area contributed by atoms with Crippen molar-refractivity contribution in [2.24, 2.45) is 0 Å². The summed E-state index contributed by atoms with van der Waals surface area (Å²) in [6.45, 7) is 0. The first-order valence-electron chi connectivity index (χ1n) is 5.55. The molecule has 20 heavy (non-hydrogen) atoms. The molecule has 102 valence electrons. The molecule has 0 amide bonds. The molecule has 0 saturated carbocycles. The molecule has 8 heteroatoms. The van der Waals surface area contributed by atoms with Crippen molar-refractivity contribution < 1.29 is 13.2 Å². The highest BCUT2D eigenvalue weighted by Gasteiger charge is 2.33. The van der Waals surface area contributed by atoms with Crippen molar-refractivity contribution in [1.82, 2.24) is 19.6 Å². The highest BCUT2D eigenvalue weighted by atomic mass is 32.1. The molecule has 3 heterocycles. The molecule has 0 aliphatic carbocycles. The minimum absolute atomic E-state index is 0.0115. The summed E-state index contributed by atoms with van der Waals surface area (Å²) in [6, 6.07) is 5.84. The van der Waals surface area contributed by atoms with Gasteiger partial charge in [0, 0.05) is 30.1 Å². The van der Waals surface area contributed by atoms with Crippen LogP contribution >= 0.6 is 12.2 Å². The van der Waals surface area contributed by atoms with E-state index in [9.17, 15) is 13.2 Å². The van der Waals surface area contributed by atoms with Gasteiger partial charge in [0.05, 0.1) is 5.69 Å². The lowest BCUT2D eigenvalue weighted by Crippen LogP contribution is -2.09. The molecule has 3 rings (SSSR count). The SMILES string of the molecule is FC(F)(F)c1cc(=S)n2[nH]c(-c3cccnc3)cc2n1. The zero-order chi connectivity index (χ0) is 14.3. The van der Waals surface area contributed by atoms with Crippen molar-refractivity contribution in [3.05, 3.63) is 47.0 Å². The lowest BCUT2D eigenvalue weighted by atomic mass is 10.2. The second-order valence-corrected chi connectivity index (χ2v) is 4.50. The molecule has 0 saturated heterocycles. The van der Waals surface area contributed by atoms with Gasteiger partial charge in [-0.05, 0) is 12.1 Å². The first-order valence-corrected chi connectivity index (χ1v) is 5.96. The zero-order valence-corrected chi connectivity index (χ0v) is 10.7. The Morgan fingerprint density at radius 2 is 2.05 bits per heavy atom. The van der Waals surface area contributed by atoms with Gasteiger partial charge in [-0.25, -0.2) is 9.50 Å². The van der Waals surface area contributed by atoms with Crippen molar-refractivity contribution in [2.45, 2.75) is 6.18 Å². The highest BCUT2D eigenvalue weighted by Crippen LogP contribution is 2.28. The predicted octanol–water partition coefficient (Wildman–Crippen LogP) is 3.47. The number of aromatic amines is 1. The topological polar surface area (TPSA) is 46.0 Å². The molecule has 1 N–H and O–H groups in total. The van der Waals surface area contributed by atoms with Gasteiger partial charge in [-0.3, -0.25) is 10.1 Å².